The van der Waals surface area contributed by atoms with E-state index in [1.54, 1.807) is 26.8 Å². The normalized spacial score (nSPS) is 10.5. The molecule has 1 amide bonds. The minimum Gasteiger partial charge on any atom is -0.444 e. The first-order valence-corrected chi connectivity index (χ1v) is 5.12. The molecule has 0 atom stereocenters. The van der Waals surface area contributed by atoms with Crippen molar-refractivity contribution in [2.45, 2.75) is 26.4 Å². The molecule has 17 heavy (non-hydrogen) atoms. The van der Waals surface area contributed by atoms with Gasteiger partial charge in [0.25, 0.3) is 0 Å². The molecule has 90 valence electrons. The topological polar surface area (TPSA) is 87.9 Å². The number of nitrogens with zero attached hydrogens (tertiary/aromatic N) is 3. The second kappa shape index (κ2) is 4.97. The Morgan fingerprint density at radius 1 is 1.53 bits per heavy atom. The van der Waals surface area contributed by atoms with Crippen LogP contribution in [0.1, 0.15) is 26.3 Å². The lowest BCUT2D eigenvalue weighted by Crippen LogP contribution is -2.27. The summed E-state index contributed by atoms with van der Waals surface area (Å²) in [7, 11) is 0. The summed E-state index contributed by atoms with van der Waals surface area (Å²) in [4.78, 5) is 18.8. The molecule has 0 aliphatic carbocycles. The van der Waals surface area contributed by atoms with E-state index in [2.05, 4.69) is 15.3 Å². The summed E-state index contributed by atoms with van der Waals surface area (Å²) in [5, 5.41) is 11.2. The van der Waals surface area contributed by atoms with Gasteiger partial charge >= 0.3 is 6.09 Å². The number of amides is 1. The zero-order valence-corrected chi connectivity index (χ0v) is 10.4. The highest BCUT2D eigenvalue weighted by Crippen LogP contribution is 2.19. The fourth-order valence-corrected chi connectivity index (χ4v) is 1.13. The van der Waals surface area contributed by atoms with Crippen molar-refractivity contribution in [1.82, 2.24) is 9.97 Å². The van der Waals surface area contributed by atoms with Crippen molar-refractivity contribution in [2.24, 2.45) is 0 Å². The third-order valence-corrected chi connectivity index (χ3v) is 1.82. The second-order valence-corrected chi connectivity index (χ2v) is 4.48. The lowest BCUT2D eigenvalue weighted by atomic mass is 10.2. The molecular formula is C10H11ClN4O2. The molecule has 0 bridgehead atoms. The molecule has 1 heterocycles. The predicted molar refractivity (Wildman–Crippen MR) is 61.6 cm³/mol. The third-order valence-electron chi connectivity index (χ3n) is 1.53. The Morgan fingerprint density at radius 3 is 2.71 bits per heavy atom. The van der Waals surface area contributed by atoms with Crippen molar-refractivity contribution in [3.8, 4) is 6.07 Å². The third kappa shape index (κ3) is 3.89. The summed E-state index contributed by atoms with van der Waals surface area (Å²) in [6.45, 7) is 5.18. The average molecular weight is 255 g/mol. The van der Waals surface area contributed by atoms with Gasteiger partial charge in [0.2, 0.25) is 0 Å². The van der Waals surface area contributed by atoms with E-state index < -0.39 is 11.7 Å². The molecule has 0 fully saturated rings. The number of nitriles is 1. The first-order valence-electron chi connectivity index (χ1n) is 4.74. The zero-order chi connectivity index (χ0) is 13.1. The summed E-state index contributed by atoms with van der Waals surface area (Å²) < 4.78 is 5.02. The summed E-state index contributed by atoms with van der Waals surface area (Å²) in [5.74, 6) is 0.0294. The van der Waals surface area contributed by atoms with E-state index >= 15 is 0 Å². The predicted octanol–water partition coefficient (Wildman–Crippen LogP) is 2.35. The van der Waals surface area contributed by atoms with Gasteiger partial charge in [0.1, 0.15) is 23.6 Å². The van der Waals surface area contributed by atoms with Crippen LogP contribution in [0, 0.1) is 11.3 Å². The van der Waals surface area contributed by atoms with Gasteiger partial charge in [-0.3, -0.25) is 5.32 Å². The van der Waals surface area contributed by atoms with Gasteiger partial charge in [-0.2, -0.15) is 5.26 Å². The Labute approximate surface area is 104 Å². The van der Waals surface area contributed by atoms with Gasteiger partial charge in [-0.1, -0.05) is 11.6 Å². The van der Waals surface area contributed by atoms with Crippen molar-refractivity contribution < 1.29 is 9.53 Å². The van der Waals surface area contributed by atoms with Crippen LogP contribution in [0.5, 0.6) is 0 Å². The number of halogens is 1. The zero-order valence-electron chi connectivity index (χ0n) is 9.61. The first-order chi connectivity index (χ1) is 7.83. The van der Waals surface area contributed by atoms with Crippen molar-refractivity contribution in [2.75, 3.05) is 5.32 Å². The highest BCUT2D eigenvalue weighted by molar-refractivity contribution is 6.30. The summed E-state index contributed by atoms with van der Waals surface area (Å²) >= 11 is 5.68. The maximum atomic E-state index is 11.5. The molecule has 7 heteroatoms. The number of hydrogen-bond acceptors (Lipinski definition) is 5. The largest absolute Gasteiger partial charge is 0.444 e. The standard InChI is InChI=1S/C10H11ClN4O2/c1-10(2,3)17-9(16)15-8-6(4-12)7(11)13-5-14-8/h5H,1-3H3,(H,13,14,15,16). The SMILES string of the molecule is CC(C)(C)OC(=O)Nc1ncnc(Cl)c1C#N. The van der Waals surface area contributed by atoms with E-state index in [-0.39, 0.29) is 16.5 Å². The molecule has 0 radical (unpaired) electrons. The van der Waals surface area contributed by atoms with Crippen LogP contribution in [0.15, 0.2) is 6.33 Å². The molecule has 0 aromatic carbocycles. The summed E-state index contributed by atoms with van der Waals surface area (Å²) in [6, 6.07) is 1.80. The smallest absolute Gasteiger partial charge is 0.413 e. The molecule has 1 N–H and O–H groups in total. The van der Waals surface area contributed by atoms with Crippen LogP contribution < -0.4 is 5.32 Å². The quantitative estimate of drug-likeness (QED) is 0.777. The second-order valence-electron chi connectivity index (χ2n) is 4.13. The number of aromatic nitrogens is 2. The van der Waals surface area contributed by atoms with Gasteiger partial charge in [0.05, 0.1) is 0 Å². The minimum absolute atomic E-state index is 0.0000239. The van der Waals surface area contributed by atoms with Crippen LogP contribution in [-0.4, -0.2) is 21.7 Å². The molecule has 1 rings (SSSR count). The molecule has 0 saturated heterocycles. The Balaban J connectivity index is 2.87. The number of anilines is 1. The van der Waals surface area contributed by atoms with Crippen LogP contribution in [0.4, 0.5) is 10.6 Å². The van der Waals surface area contributed by atoms with Crippen molar-refractivity contribution in [3.63, 3.8) is 0 Å². The molecule has 0 saturated carbocycles. The average Bonchev–Trinajstić information content (AvgIpc) is 2.14. The fraction of sp³-hybridized carbons (Fsp3) is 0.400. The minimum atomic E-state index is -0.705. The molecular weight excluding hydrogens is 244 g/mol. The van der Waals surface area contributed by atoms with Gasteiger partial charge in [-0.25, -0.2) is 14.8 Å². The van der Waals surface area contributed by atoms with Crippen LogP contribution in [0.3, 0.4) is 0 Å². The van der Waals surface area contributed by atoms with Gasteiger partial charge in [-0.05, 0) is 20.8 Å². The number of rotatable bonds is 1. The van der Waals surface area contributed by atoms with Crippen molar-refractivity contribution >= 4 is 23.5 Å². The molecule has 6 nitrogen and oxygen atoms in total. The maximum absolute atomic E-state index is 11.5. The number of carbonyl (C=O) groups excluding carboxylic acids is 1. The molecule has 1 aromatic heterocycles. The fourth-order valence-electron chi connectivity index (χ4n) is 0.958. The highest BCUT2D eigenvalue weighted by Gasteiger charge is 2.18. The highest BCUT2D eigenvalue weighted by atomic mass is 35.5. The lowest BCUT2D eigenvalue weighted by molar-refractivity contribution is 0.0635. The number of carbonyl (C=O) groups is 1. The van der Waals surface area contributed by atoms with E-state index in [0.29, 0.717) is 0 Å². The molecule has 1 aromatic rings. The lowest BCUT2D eigenvalue weighted by Gasteiger charge is -2.19. The number of hydrogen-bond donors (Lipinski definition) is 1. The van der Waals surface area contributed by atoms with Gasteiger partial charge in [0.15, 0.2) is 11.0 Å². The van der Waals surface area contributed by atoms with Crippen LogP contribution >= 0.6 is 11.6 Å². The Kier molecular flexibility index (Phi) is 3.86. The van der Waals surface area contributed by atoms with Gasteiger partial charge in [-0.15, -0.1) is 0 Å². The van der Waals surface area contributed by atoms with E-state index in [1.807, 2.05) is 0 Å². The van der Waals surface area contributed by atoms with Crippen LogP contribution in [0.2, 0.25) is 5.15 Å². The van der Waals surface area contributed by atoms with E-state index in [4.69, 9.17) is 21.6 Å². The van der Waals surface area contributed by atoms with E-state index in [0.717, 1.165) is 6.33 Å². The monoisotopic (exact) mass is 254 g/mol. The van der Waals surface area contributed by atoms with Crippen molar-refractivity contribution in [3.05, 3.63) is 17.0 Å². The molecule has 0 aliphatic heterocycles. The number of nitrogens with one attached hydrogen (secondary N) is 1. The Morgan fingerprint density at radius 2 is 2.18 bits per heavy atom. The summed E-state index contributed by atoms with van der Waals surface area (Å²) in [6.07, 6.45) is 0.444. The van der Waals surface area contributed by atoms with Gasteiger partial charge < -0.3 is 4.74 Å². The number of ether oxygens (including phenoxy) is 1. The van der Waals surface area contributed by atoms with Crippen LogP contribution in [-0.2, 0) is 4.74 Å². The Bertz CT molecular complexity index is 476. The van der Waals surface area contributed by atoms with Crippen molar-refractivity contribution in [1.29, 1.82) is 5.26 Å². The van der Waals surface area contributed by atoms with Crippen LogP contribution in [0.25, 0.3) is 0 Å². The Hall–Kier alpha value is -1.87. The molecule has 0 aliphatic rings. The molecule has 0 unspecified atom stereocenters. The van der Waals surface area contributed by atoms with Gasteiger partial charge in [0, 0.05) is 0 Å². The van der Waals surface area contributed by atoms with E-state index in [1.165, 1.54) is 0 Å². The maximum Gasteiger partial charge on any atom is 0.413 e. The summed E-state index contributed by atoms with van der Waals surface area (Å²) in [5.41, 5.74) is -0.631. The first kappa shape index (κ1) is 13.2. The van der Waals surface area contributed by atoms with E-state index in [9.17, 15) is 4.79 Å². The molecule has 0 spiro atoms.